The standard InChI is InChI=1S/C17H21N3O.2C2H6/c1-5-8-13(9-6-2)15-11-10-14(12(4)7-3)16-17(15)19-20(21)18-16;2*1-2/h5-6,8-12,21H,1,7H2,2-4H3;2*1-2H3/b9-6-,13-8+;;. The fourth-order valence-electron chi connectivity index (χ4n) is 2.39. The Morgan fingerprint density at radius 3 is 2.32 bits per heavy atom. The Morgan fingerprint density at radius 1 is 1.20 bits per heavy atom. The van der Waals surface area contributed by atoms with Crippen LogP contribution in [0.4, 0.5) is 0 Å². The van der Waals surface area contributed by atoms with Gasteiger partial charge >= 0.3 is 0 Å². The van der Waals surface area contributed by atoms with Gasteiger partial charge < -0.3 is 5.21 Å². The molecule has 1 unspecified atom stereocenters. The van der Waals surface area contributed by atoms with Crippen LogP contribution < -0.4 is 0 Å². The van der Waals surface area contributed by atoms with E-state index in [1.165, 1.54) is 0 Å². The Hall–Kier alpha value is -2.36. The maximum atomic E-state index is 9.64. The third-order valence-electron chi connectivity index (χ3n) is 3.66. The van der Waals surface area contributed by atoms with Crippen LogP contribution in [0.2, 0.25) is 0 Å². The van der Waals surface area contributed by atoms with Crippen molar-refractivity contribution in [1.29, 1.82) is 0 Å². The topological polar surface area (TPSA) is 50.9 Å². The average molecular weight is 344 g/mol. The lowest BCUT2D eigenvalue weighted by atomic mass is 9.93. The molecule has 138 valence electrons. The van der Waals surface area contributed by atoms with E-state index in [1.807, 2.05) is 58.9 Å². The van der Waals surface area contributed by atoms with Gasteiger partial charge in [0.2, 0.25) is 0 Å². The summed E-state index contributed by atoms with van der Waals surface area (Å²) in [6.07, 6.45) is 8.64. The van der Waals surface area contributed by atoms with E-state index < -0.39 is 0 Å². The van der Waals surface area contributed by atoms with E-state index in [-0.39, 0.29) is 0 Å². The molecule has 1 heterocycles. The first-order valence-electron chi connectivity index (χ1n) is 9.17. The molecule has 0 aliphatic heterocycles. The Bertz CT molecular complexity index is 711. The van der Waals surface area contributed by atoms with Crippen molar-refractivity contribution < 1.29 is 5.21 Å². The van der Waals surface area contributed by atoms with Gasteiger partial charge in [-0.15, -0.1) is 10.2 Å². The van der Waals surface area contributed by atoms with E-state index in [2.05, 4.69) is 36.7 Å². The lowest BCUT2D eigenvalue weighted by Gasteiger charge is -2.11. The van der Waals surface area contributed by atoms with Crippen LogP contribution in [0, 0.1) is 0 Å². The van der Waals surface area contributed by atoms with E-state index in [0.717, 1.165) is 28.6 Å². The highest BCUT2D eigenvalue weighted by Crippen LogP contribution is 2.31. The number of benzene rings is 1. The van der Waals surface area contributed by atoms with E-state index in [0.29, 0.717) is 16.4 Å². The van der Waals surface area contributed by atoms with Crippen molar-refractivity contribution in [3.05, 3.63) is 54.1 Å². The van der Waals surface area contributed by atoms with E-state index in [4.69, 9.17) is 0 Å². The van der Waals surface area contributed by atoms with Gasteiger partial charge in [-0.2, -0.15) is 0 Å². The minimum Gasteiger partial charge on any atom is -0.396 e. The van der Waals surface area contributed by atoms with Gasteiger partial charge in [-0.1, -0.05) is 84.6 Å². The van der Waals surface area contributed by atoms with E-state index in [1.54, 1.807) is 6.08 Å². The van der Waals surface area contributed by atoms with Crippen LogP contribution in [0.5, 0.6) is 0 Å². The zero-order chi connectivity index (χ0) is 19.4. The number of nitrogens with zero attached hydrogens (tertiary/aromatic N) is 3. The second kappa shape index (κ2) is 12.1. The molecule has 1 atom stereocenters. The molecule has 0 saturated heterocycles. The molecular weight excluding hydrogens is 310 g/mol. The second-order valence-electron chi connectivity index (χ2n) is 5.03. The average Bonchev–Trinajstić information content (AvgIpc) is 3.04. The first kappa shape index (κ1) is 22.6. The largest absolute Gasteiger partial charge is 0.396 e. The lowest BCUT2D eigenvalue weighted by Crippen LogP contribution is -1.95. The first-order chi connectivity index (χ1) is 12.1. The number of hydrogen-bond donors (Lipinski definition) is 1. The fraction of sp³-hybridized carbons (Fsp3) is 0.429. The van der Waals surface area contributed by atoms with Crippen molar-refractivity contribution in [2.24, 2.45) is 0 Å². The maximum Gasteiger partial charge on any atom is 0.125 e. The molecule has 0 saturated carbocycles. The highest BCUT2D eigenvalue weighted by molar-refractivity contribution is 5.93. The van der Waals surface area contributed by atoms with Crippen LogP contribution in [0.15, 0.2) is 43.0 Å². The van der Waals surface area contributed by atoms with Crippen molar-refractivity contribution in [3.8, 4) is 0 Å². The Kier molecular flexibility index (Phi) is 10.9. The quantitative estimate of drug-likeness (QED) is 0.506. The molecule has 2 rings (SSSR count). The third kappa shape index (κ3) is 5.59. The zero-order valence-corrected chi connectivity index (χ0v) is 16.7. The molecule has 2 aromatic rings. The molecular formula is C21H33N3O. The lowest BCUT2D eigenvalue weighted by molar-refractivity contribution is 0.113. The highest BCUT2D eigenvalue weighted by Gasteiger charge is 2.16. The summed E-state index contributed by atoms with van der Waals surface area (Å²) >= 11 is 0. The van der Waals surface area contributed by atoms with E-state index in [9.17, 15) is 5.21 Å². The highest BCUT2D eigenvalue weighted by atomic mass is 16.5. The van der Waals surface area contributed by atoms with Gasteiger partial charge in [0, 0.05) is 5.56 Å². The van der Waals surface area contributed by atoms with Gasteiger partial charge in [-0.25, -0.2) is 0 Å². The predicted molar refractivity (Wildman–Crippen MR) is 109 cm³/mol. The van der Waals surface area contributed by atoms with Crippen LogP contribution >= 0.6 is 0 Å². The van der Waals surface area contributed by atoms with Crippen molar-refractivity contribution in [2.45, 2.75) is 60.8 Å². The molecule has 1 N–H and O–H groups in total. The number of allylic oxidation sites excluding steroid dienone is 5. The number of fused-ring (bicyclic) bond motifs is 1. The minimum absolute atomic E-state index is 0.367. The van der Waals surface area contributed by atoms with Crippen molar-refractivity contribution >= 4 is 16.6 Å². The molecule has 1 aromatic carbocycles. The zero-order valence-electron chi connectivity index (χ0n) is 16.7. The molecule has 0 spiro atoms. The summed E-state index contributed by atoms with van der Waals surface area (Å²) < 4.78 is 0. The van der Waals surface area contributed by atoms with Gasteiger partial charge in [0.15, 0.2) is 0 Å². The second-order valence-corrected chi connectivity index (χ2v) is 5.03. The molecule has 1 aromatic heterocycles. The summed E-state index contributed by atoms with van der Waals surface area (Å²) in [7, 11) is 0. The van der Waals surface area contributed by atoms with Crippen molar-refractivity contribution in [1.82, 2.24) is 15.2 Å². The van der Waals surface area contributed by atoms with Gasteiger partial charge in [0.1, 0.15) is 11.0 Å². The van der Waals surface area contributed by atoms with E-state index >= 15 is 0 Å². The van der Waals surface area contributed by atoms with Crippen LogP contribution in [0.1, 0.15) is 71.9 Å². The molecule has 0 aliphatic carbocycles. The summed E-state index contributed by atoms with van der Waals surface area (Å²) in [5, 5.41) is 17.9. The summed E-state index contributed by atoms with van der Waals surface area (Å²) in [6, 6.07) is 4.11. The molecule has 25 heavy (non-hydrogen) atoms. The number of rotatable bonds is 5. The molecule has 4 nitrogen and oxygen atoms in total. The third-order valence-corrected chi connectivity index (χ3v) is 3.66. The maximum absolute atomic E-state index is 9.64. The Balaban J connectivity index is 0.00000134. The summed E-state index contributed by atoms with van der Waals surface area (Å²) in [5.41, 5.74) is 4.50. The number of hydrogen-bond acceptors (Lipinski definition) is 3. The normalized spacial score (nSPS) is 12.2. The number of aromatic nitrogens is 3. The Morgan fingerprint density at radius 2 is 1.80 bits per heavy atom. The predicted octanol–water partition coefficient (Wildman–Crippen LogP) is 6.38. The fourth-order valence-corrected chi connectivity index (χ4v) is 2.39. The van der Waals surface area contributed by atoms with Crippen LogP contribution in [0.3, 0.4) is 0 Å². The van der Waals surface area contributed by atoms with Gasteiger partial charge in [-0.3, -0.25) is 0 Å². The summed E-state index contributed by atoms with van der Waals surface area (Å²) in [6.45, 7) is 18.0. The SMILES string of the molecule is C=C/C=C(\C=C/C)c1ccc(C(C)CC)c2nn(O)nc12.CC.CC. The minimum atomic E-state index is 0.367. The molecule has 0 amide bonds. The molecule has 0 fully saturated rings. The monoisotopic (exact) mass is 343 g/mol. The smallest absolute Gasteiger partial charge is 0.125 e. The summed E-state index contributed by atoms with van der Waals surface area (Å²) in [5.74, 6) is 0.367. The van der Waals surface area contributed by atoms with Crippen molar-refractivity contribution in [2.75, 3.05) is 0 Å². The molecule has 4 heteroatoms. The van der Waals surface area contributed by atoms with Crippen LogP contribution in [-0.4, -0.2) is 20.4 Å². The summed E-state index contributed by atoms with van der Waals surface area (Å²) in [4.78, 5) is 0.654. The first-order valence-corrected chi connectivity index (χ1v) is 9.17. The van der Waals surface area contributed by atoms with Crippen LogP contribution in [-0.2, 0) is 0 Å². The molecule has 0 bridgehead atoms. The van der Waals surface area contributed by atoms with Gasteiger partial charge in [0.05, 0.1) is 0 Å². The van der Waals surface area contributed by atoms with Gasteiger partial charge in [-0.05, 0) is 35.4 Å². The molecule has 0 aliphatic rings. The van der Waals surface area contributed by atoms with Crippen LogP contribution in [0.25, 0.3) is 16.6 Å². The van der Waals surface area contributed by atoms with Gasteiger partial charge in [0.25, 0.3) is 0 Å². The Labute approximate surface area is 152 Å². The molecule has 0 radical (unpaired) electrons. The van der Waals surface area contributed by atoms with Crippen molar-refractivity contribution in [3.63, 3.8) is 0 Å².